The van der Waals surface area contributed by atoms with Crippen molar-refractivity contribution in [2.75, 3.05) is 26.2 Å². The van der Waals surface area contributed by atoms with Crippen molar-refractivity contribution >= 4 is 46.5 Å². The molecular formula is C55H45BrF6K2O11. The van der Waals surface area contributed by atoms with E-state index in [9.17, 15) is 41.0 Å². The summed E-state index contributed by atoms with van der Waals surface area (Å²) < 4.78 is 103. The van der Waals surface area contributed by atoms with E-state index in [4.69, 9.17) is 37.1 Å². The van der Waals surface area contributed by atoms with Crippen LogP contribution in [0.3, 0.4) is 0 Å². The summed E-state index contributed by atoms with van der Waals surface area (Å²) in [6.07, 6.45) is 6.71. The Balaban J connectivity index is 0.00000126. The number of phenolic OH excluding ortho intramolecular Hbond substituents is 1. The zero-order valence-corrected chi connectivity index (χ0v) is 48.6. The summed E-state index contributed by atoms with van der Waals surface area (Å²) in [6.45, 7) is 0.281. The van der Waals surface area contributed by atoms with Gasteiger partial charge in [0, 0.05) is 35.4 Å². The Bertz CT molecular complexity index is 2890. The van der Waals surface area contributed by atoms with E-state index in [0.717, 1.165) is 46.5 Å². The number of benzene rings is 6. The van der Waals surface area contributed by atoms with Crippen LogP contribution < -0.4 is 122 Å². The molecule has 75 heavy (non-hydrogen) atoms. The molecule has 0 fully saturated rings. The molecule has 0 aliphatic heterocycles. The summed E-state index contributed by atoms with van der Waals surface area (Å²) in [5.74, 6) is 5.02. The normalized spacial score (nSPS) is 10.3. The zero-order valence-electron chi connectivity index (χ0n) is 41.7. The standard InChI is InChI=1S/C27H21F3O4.C24H19F3O4.C3H3Br.CH2O3.2K.H/c1-3-15-33-25-17-24(13-9-21(25)10-14-26(31)32-2)34-18-19-5-4-6-22(16-19)20-7-11-23(12-8-20)27(28,29)30;1-30-23(29)12-8-18-7-11-21(14-22(18)28)31-15-16-3-2-4-19(13-16)17-5-9-20(10-6-17)24(25,26)27;1-2-3-4;2-1-4-3;;;/h1,4-14,16-17H,15,18H2,2H3;2-14,28H,15H2,1H3;1H,3H2;1,3H;;;/q;;;;2*+1;-1/p-1/b14-10+;12-8+;;;;;. The molecule has 1 N–H and O–H groups in total. The molecule has 0 radical (unpaired) electrons. The molecular weight excluding hydrogens is 1110 g/mol. The van der Waals surface area contributed by atoms with E-state index in [1.165, 1.54) is 62.8 Å². The van der Waals surface area contributed by atoms with Crippen LogP contribution in [0.4, 0.5) is 26.3 Å². The minimum Gasteiger partial charge on any atom is -1.00 e. The van der Waals surface area contributed by atoms with Crippen LogP contribution in [0.1, 0.15) is 34.8 Å². The Hall–Kier alpha value is -5.18. The average Bonchev–Trinajstić information content (AvgIpc) is 3.40. The first-order valence-corrected chi connectivity index (χ1v) is 22.1. The van der Waals surface area contributed by atoms with Gasteiger partial charge in [0.15, 0.2) is 0 Å². The van der Waals surface area contributed by atoms with E-state index in [2.05, 4.69) is 42.1 Å². The number of ether oxygens (including phenoxy) is 5. The van der Waals surface area contributed by atoms with E-state index in [0.29, 0.717) is 44.8 Å². The van der Waals surface area contributed by atoms with Gasteiger partial charge in [-0.3, -0.25) is 4.79 Å². The molecule has 11 nitrogen and oxygen atoms in total. The number of phenols is 1. The van der Waals surface area contributed by atoms with Crippen molar-refractivity contribution in [1.29, 1.82) is 0 Å². The van der Waals surface area contributed by atoms with Crippen molar-refractivity contribution in [3.8, 4) is 69.9 Å². The van der Waals surface area contributed by atoms with Crippen molar-refractivity contribution in [1.82, 2.24) is 0 Å². The summed E-state index contributed by atoms with van der Waals surface area (Å²) in [5, 5.41) is 19.2. The van der Waals surface area contributed by atoms with Crippen LogP contribution in [0.5, 0.6) is 23.0 Å². The number of hydrogen-bond donors (Lipinski definition) is 1. The molecule has 0 unspecified atom stereocenters. The number of methoxy groups -OCH3 is 2. The number of halogens is 7. The molecule has 0 saturated carbocycles. The monoisotopic (exact) mass is 1150 g/mol. The smallest absolute Gasteiger partial charge is 1.00 e. The molecule has 0 spiro atoms. The quantitative estimate of drug-likeness (QED) is 0.0159. The number of terminal acetylenes is 2. The SMILES string of the molecule is C#CCBr.C#CCOc1cc(OCc2cccc(-c3ccc(C(F)(F)F)cc3)c2)ccc1/C=C/C(=O)OC.COC(=O)/C=C/c1ccc(OCc2cccc(-c3ccc(C(F)(F)F)cc3)c2)cc1O.O=CO[O-].[H-].[K+].[K+]. The van der Waals surface area contributed by atoms with Gasteiger partial charge in [-0.15, -0.1) is 12.8 Å². The number of rotatable bonds is 15. The fourth-order valence-corrected chi connectivity index (χ4v) is 5.91. The van der Waals surface area contributed by atoms with Gasteiger partial charge in [-0.25, -0.2) is 9.59 Å². The predicted octanol–water partition coefficient (Wildman–Crippen LogP) is 5.56. The van der Waals surface area contributed by atoms with Crippen LogP contribution in [-0.4, -0.2) is 49.7 Å². The number of aromatic hydroxyl groups is 1. The maximum atomic E-state index is 12.8. The molecule has 382 valence electrons. The molecule has 0 heterocycles. The van der Waals surface area contributed by atoms with Crippen molar-refractivity contribution in [2.24, 2.45) is 0 Å². The van der Waals surface area contributed by atoms with Crippen LogP contribution in [0.2, 0.25) is 0 Å². The summed E-state index contributed by atoms with van der Waals surface area (Å²) >= 11 is 3.01. The Kier molecular flexibility index (Phi) is 32.5. The van der Waals surface area contributed by atoms with Crippen molar-refractivity contribution in [3.63, 3.8) is 0 Å². The predicted molar refractivity (Wildman–Crippen MR) is 264 cm³/mol. The van der Waals surface area contributed by atoms with Crippen LogP contribution in [0.15, 0.2) is 146 Å². The van der Waals surface area contributed by atoms with E-state index < -0.39 is 35.4 Å². The second-order valence-electron chi connectivity index (χ2n) is 14.3. The van der Waals surface area contributed by atoms with Crippen molar-refractivity contribution < 1.29 is 184 Å². The topological polar surface area (TPSA) is 150 Å². The molecule has 0 saturated heterocycles. The van der Waals surface area contributed by atoms with Crippen molar-refractivity contribution in [2.45, 2.75) is 25.6 Å². The number of alkyl halides is 7. The molecule has 20 heteroatoms. The summed E-state index contributed by atoms with van der Waals surface area (Å²) in [6, 6.07) is 34.4. The number of hydrogen-bond acceptors (Lipinski definition) is 11. The second-order valence-corrected chi connectivity index (χ2v) is 14.8. The van der Waals surface area contributed by atoms with E-state index in [1.807, 2.05) is 36.4 Å². The van der Waals surface area contributed by atoms with Gasteiger partial charge >= 0.3 is 127 Å². The minimum atomic E-state index is -4.37. The zero-order chi connectivity index (χ0) is 53.8. The van der Waals surface area contributed by atoms with E-state index in [1.54, 1.807) is 48.5 Å². The van der Waals surface area contributed by atoms with Crippen molar-refractivity contribution in [3.05, 3.63) is 179 Å². The molecule has 0 atom stereocenters. The number of esters is 2. The van der Waals surface area contributed by atoms with Crippen LogP contribution in [0.25, 0.3) is 34.4 Å². The third kappa shape index (κ3) is 25.0. The third-order valence-electron chi connectivity index (χ3n) is 9.37. The summed E-state index contributed by atoms with van der Waals surface area (Å²) in [4.78, 5) is 33.8. The maximum Gasteiger partial charge on any atom is 1.00 e. The van der Waals surface area contributed by atoms with Crippen LogP contribution in [0, 0.1) is 24.7 Å². The van der Waals surface area contributed by atoms with Gasteiger partial charge in [0.1, 0.15) is 42.8 Å². The largest absolute Gasteiger partial charge is 1.00 e. The summed E-state index contributed by atoms with van der Waals surface area (Å²) in [7, 11) is 2.54. The summed E-state index contributed by atoms with van der Waals surface area (Å²) in [5.41, 5.74) is 4.18. The van der Waals surface area contributed by atoms with Gasteiger partial charge in [0.25, 0.3) is 6.47 Å². The number of carbonyl (C=O) groups excluding carboxylic acids is 3. The van der Waals surface area contributed by atoms with Gasteiger partial charge in [-0.1, -0.05) is 88.4 Å². The molecule has 0 amide bonds. The van der Waals surface area contributed by atoms with Gasteiger partial charge in [0.2, 0.25) is 0 Å². The number of carbonyl (C=O) groups is 3. The van der Waals surface area contributed by atoms with Crippen LogP contribution in [-0.2, 0) is 54.3 Å². The average molecular weight is 1150 g/mol. The Morgan fingerprint density at radius 3 is 1.41 bits per heavy atom. The molecule has 6 aromatic rings. The molecule has 6 aromatic carbocycles. The molecule has 6 rings (SSSR count). The van der Waals surface area contributed by atoms with Crippen LogP contribution >= 0.6 is 15.9 Å². The molecule has 0 aliphatic carbocycles. The first-order chi connectivity index (χ1) is 34.9. The van der Waals surface area contributed by atoms with Gasteiger partial charge < -0.3 is 40.4 Å². The molecule has 0 bridgehead atoms. The van der Waals surface area contributed by atoms with E-state index >= 15 is 0 Å². The minimum absolute atomic E-state index is 0. The first-order valence-electron chi connectivity index (χ1n) is 20.9. The first kappa shape index (κ1) is 67.8. The van der Waals surface area contributed by atoms with Gasteiger partial charge in [-0.05, 0) is 106 Å². The Morgan fingerprint density at radius 1 is 0.627 bits per heavy atom. The Labute approximate surface area is 524 Å². The van der Waals surface area contributed by atoms with Gasteiger partial charge in [0.05, 0.1) is 30.7 Å². The third-order valence-corrected chi connectivity index (χ3v) is 9.69. The second kappa shape index (κ2) is 36.0. The van der Waals surface area contributed by atoms with E-state index in [-0.39, 0.29) is 136 Å². The van der Waals surface area contributed by atoms with Gasteiger partial charge in [-0.2, -0.15) is 26.3 Å². The molecule has 0 aliphatic rings. The fourth-order valence-electron chi connectivity index (χ4n) is 5.91. The fraction of sp³-hybridized carbons (Fsp3) is 0.145. The maximum absolute atomic E-state index is 12.8. The molecule has 0 aromatic heterocycles. The Morgan fingerprint density at radius 2 is 1.04 bits per heavy atom.